The van der Waals surface area contributed by atoms with Gasteiger partial charge in [-0.15, -0.1) is 0 Å². The van der Waals surface area contributed by atoms with Gasteiger partial charge < -0.3 is 20.7 Å². The van der Waals surface area contributed by atoms with E-state index in [1.807, 2.05) is 30.4 Å². The number of piperazine rings is 1. The van der Waals surface area contributed by atoms with E-state index in [1.165, 1.54) is 15.5 Å². The molecule has 2 heterocycles. The van der Waals surface area contributed by atoms with Crippen molar-refractivity contribution in [2.75, 3.05) is 49.5 Å². The van der Waals surface area contributed by atoms with E-state index in [0.29, 0.717) is 12.4 Å². The number of nitrogens with one attached hydrogen (secondary N) is 1. The number of hydrogen-bond donors (Lipinski definition) is 2. The number of ether oxygens (including phenoxy) is 1. The fourth-order valence-electron chi connectivity index (χ4n) is 4.94. The fraction of sp³-hybridized carbons (Fsp3) is 0.226. The van der Waals surface area contributed by atoms with Crippen LogP contribution >= 0.6 is 24.0 Å². The van der Waals surface area contributed by atoms with Crippen LogP contribution in [0.25, 0.3) is 0 Å². The molecule has 0 spiro atoms. The number of allylic oxidation sites excluding steroid dienone is 3. The molecule has 6 nitrogen and oxygen atoms in total. The second-order valence-corrected chi connectivity index (χ2v) is 11.3. The summed E-state index contributed by atoms with van der Waals surface area (Å²) in [6.07, 6.45) is 6.69. The highest BCUT2D eigenvalue weighted by molar-refractivity contribution is 7.99. The Balaban J connectivity index is 0.969. The minimum atomic E-state index is 0.476. The fourth-order valence-corrected chi connectivity index (χ4v) is 6.18. The normalized spacial score (nSPS) is 17.2. The second kappa shape index (κ2) is 11.7. The summed E-state index contributed by atoms with van der Waals surface area (Å²) in [7, 11) is 0. The number of nitrogens with two attached hydrogens (primary N) is 1. The molecule has 198 valence electrons. The Morgan fingerprint density at radius 3 is 2.59 bits per heavy atom. The van der Waals surface area contributed by atoms with Crippen molar-refractivity contribution >= 4 is 57.4 Å². The molecule has 0 radical (unpaired) electrons. The summed E-state index contributed by atoms with van der Waals surface area (Å²) < 4.78 is 6.13. The van der Waals surface area contributed by atoms with Gasteiger partial charge >= 0.3 is 0 Å². The number of amidine groups is 1. The van der Waals surface area contributed by atoms with Crippen LogP contribution in [0.1, 0.15) is 6.42 Å². The Morgan fingerprint density at radius 2 is 1.77 bits per heavy atom. The number of aliphatic imine (C=N–C) groups is 1. The first-order valence-corrected chi connectivity index (χ1v) is 14.5. The highest BCUT2D eigenvalue weighted by Gasteiger charge is 2.18. The van der Waals surface area contributed by atoms with Crippen LogP contribution < -0.4 is 20.7 Å². The molecule has 0 aromatic heterocycles. The van der Waals surface area contributed by atoms with Gasteiger partial charge in [-0.25, -0.2) is 4.99 Å². The molecule has 0 amide bonds. The average Bonchev–Trinajstić information content (AvgIpc) is 2.97. The number of para-hydroxylation sites is 1. The lowest BCUT2D eigenvalue weighted by Gasteiger charge is -2.36. The first kappa shape index (κ1) is 25.7. The molecule has 8 heteroatoms. The van der Waals surface area contributed by atoms with Crippen LogP contribution in [0.2, 0.25) is 0 Å². The van der Waals surface area contributed by atoms with Crippen molar-refractivity contribution in [3.8, 4) is 5.75 Å². The van der Waals surface area contributed by atoms with E-state index in [1.54, 1.807) is 11.8 Å². The van der Waals surface area contributed by atoms with Crippen LogP contribution in [0.15, 0.2) is 105 Å². The maximum Gasteiger partial charge on any atom is 0.132 e. The van der Waals surface area contributed by atoms with Crippen LogP contribution in [0.3, 0.4) is 0 Å². The molecule has 39 heavy (non-hydrogen) atoms. The van der Waals surface area contributed by atoms with E-state index in [4.69, 9.17) is 22.7 Å². The number of rotatable bonds is 7. The van der Waals surface area contributed by atoms with E-state index < -0.39 is 0 Å². The summed E-state index contributed by atoms with van der Waals surface area (Å²) in [5.74, 6) is 1.38. The Hall–Kier alpha value is -3.59. The number of nitrogens with zero attached hydrogens (tertiary/aromatic N) is 3. The van der Waals surface area contributed by atoms with Gasteiger partial charge in [0.15, 0.2) is 0 Å². The van der Waals surface area contributed by atoms with Gasteiger partial charge in [0.25, 0.3) is 0 Å². The molecule has 1 fully saturated rings. The van der Waals surface area contributed by atoms with E-state index in [2.05, 4.69) is 74.7 Å². The zero-order chi connectivity index (χ0) is 26.6. The molecule has 0 atom stereocenters. The summed E-state index contributed by atoms with van der Waals surface area (Å²) in [6, 6.07) is 23.0. The average molecular weight is 554 g/mol. The molecular weight excluding hydrogens is 523 g/mol. The van der Waals surface area contributed by atoms with Crippen LogP contribution in [-0.2, 0) is 0 Å². The Bertz CT molecular complexity index is 1460. The Morgan fingerprint density at radius 1 is 0.974 bits per heavy atom. The molecular formula is C31H31N5OS2. The molecule has 0 unspecified atom stereocenters. The molecule has 3 aromatic carbocycles. The summed E-state index contributed by atoms with van der Waals surface area (Å²) in [5.41, 5.74) is 11.4. The third-order valence-electron chi connectivity index (χ3n) is 7.12. The van der Waals surface area contributed by atoms with Gasteiger partial charge in [-0.3, -0.25) is 4.90 Å². The van der Waals surface area contributed by atoms with Gasteiger partial charge in [-0.2, -0.15) is 0 Å². The number of thiocarbonyl (C=S) groups is 1. The Labute approximate surface area is 239 Å². The van der Waals surface area contributed by atoms with E-state index in [-0.39, 0.29) is 0 Å². The lowest BCUT2D eigenvalue weighted by molar-refractivity contribution is 0.200. The summed E-state index contributed by atoms with van der Waals surface area (Å²) >= 11 is 7.21. The molecule has 2 aliphatic heterocycles. The largest absolute Gasteiger partial charge is 0.492 e. The first-order chi connectivity index (χ1) is 19.1. The molecule has 0 bridgehead atoms. The quantitative estimate of drug-likeness (QED) is 0.157. The number of fused-ring (bicyclic) bond motifs is 2. The van der Waals surface area contributed by atoms with Crippen molar-refractivity contribution in [3.63, 3.8) is 0 Å². The second-order valence-electron chi connectivity index (χ2n) is 9.71. The van der Waals surface area contributed by atoms with Crippen LogP contribution in [-0.4, -0.2) is 54.9 Å². The van der Waals surface area contributed by atoms with Gasteiger partial charge in [-0.1, -0.05) is 54.3 Å². The molecule has 3 aliphatic rings. The van der Waals surface area contributed by atoms with E-state index in [9.17, 15) is 0 Å². The van der Waals surface area contributed by atoms with Crippen molar-refractivity contribution in [1.82, 2.24) is 4.90 Å². The summed E-state index contributed by atoms with van der Waals surface area (Å²) in [4.78, 5) is 12.8. The monoisotopic (exact) mass is 553 g/mol. The molecule has 1 saturated heterocycles. The highest BCUT2D eigenvalue weighted by Crippen LogP contribution is 2.45. The van der Waals surface area contributed by atoms with Crippen molar-refractivity contribution in [2.24, 2.45) is 10.7 Å². The van der Waals surface area contributed by atoms with Crippen molar-refractivity contribution in [1.29, 1.82) is 0 Å². The van der Waals surface area contributed by atoms with Crippen LogP contribution in [0, 0.1) is 0 Å². The maximum atomic E-state index is 6.22. The minimum absolute atomic E-state index is 0.476. The topological polar surface area (TPSA) is 66.1 Å². The zero-order valence-corrected chi connectivity index (χ0v) is 23.3. The molecule has 0 saturated carbocycles. The van der Waals surface area contributed by atoms with Gasteiger partial charge in [0.2, 0.25) is 0 Å². The van der Waals surface area contributed by atoms with Gasteiger partial charge in [-0.05, 0) is 48.5 Å². The predicted molar refractivity (Wildman–Crippen MR) is 167 cm³/mol. The SMILES string of the molecule is NC(=Nc1ccc(N2CCN(CCOc3ccc4c(c3)Nc3ccccc3S4)CC2)cc1)C1=CC=CCC1=S. The van der Waals surface area contributed by atoms with E-state index >= 15 is 0 Å². The van der Waals surface area contributed by atoms with Gasteiger partial charge in [0.05, 0.1) is 17.1 Å². The number of anilines is 3. The highest BCUT2D eigenvalue weighted by atomic mass is 32.2. The van der Waals surface area contributed by atoms with Crippen molar-refractivity contribution in [2.45, 2.75) is 16.2 Å². The zero-order valence-electron chi connectivity index (χ0n) is 21.7. The van der Waals surface area contributed by atoms with E-state index in [0.717, 1.165) is 72.4 Å². The summed E-state index contributed by atoms with van der Waals surface area (Å²) in [6.45, 7) is 5.57. The maximum absolute atomic E-state index is 6.22. The van der Waals surface area contributed by atoms with Crippen molar-refractivity contribution < 1.29 is 4.74 Å². The van der Waals surface area contributed by atoms with Crippen LogP contribution in [0.4, 0.5) is 22.7 Å². The number of benzene rings is 3. The van der Waals surface area contributed by atoms with Crippen LogP contribution in [0.5, 0.6) is 5.75 Å². The molecule has 1 aliphatic carbocycles. The van der Waals surface area contributed by atoms with Gasteiger partial charge in [0, 0.05) is 71.1 Å². The predicted octanol–water partition coefficient (Wildman–Crippen LogP) is 6.34. The minimum Gasteiger partial charge on any atom is -0.492 e. The third-order valence-corrected chi connectivity index (χ3v) is 8.66. The number of hydrogen-bond acceptors (Lipinski definition) is 7. The van der Waals surface area contributed by atoms with Gasteiger partial charge in [0.1, 0.15) is 18.2 Å². The molecule has 3 aromatic rings. The smallest absolute Gasteiger partial charge is 0.132 e. The summed E-state index contributed by atoms with van der Waals surface area (Å²) in [5, 5.41) is 3.53. The third kappa shape index (κ3) is 6.03. The molecule has 6 rings (SSSR count). The first-order valence-electron chi connectivity index (χ1n) is 13.2. The lowest BCUT2D eigenvalue weighted by Crippen LogP contribution is -2.47. The Kier molecular flexibility index (Phi) is 7.67. The molecule has 3 N–H and O–H groups in total. The lowest BCUT2D eigenvalue weighted by atomic mass is 10.0. The standard InChI is InChI=1S/C31H31N5OS2/c32-31(25-5-1-3-7-28(25)38)33-22-9-11-23(12-10-22)36-17-15-35(16-18-36)19-20-37-24-13-14-30-27(21-24)34-26-6-2-4-8-29(26)39-30/h1-6,8-14,21,34H,7,15-20H2,(H2,32,33). The van der Waals surface area contributed by atoms with Crippen molar-refractivity contribution in [3.05, 3.63) is 90.5 Å².